The van der Waals surface area contributed by atoms with E-state index in [0.29, 0.717) is 4.91 Å². The van der Waals surface area contributed by atoms with Crippen molar-refractivity contribution in [1.29, 1.82) is 5.26 Å². The van der Waals surface area contributed by atoms with E-state index < -0.39 is 11.7 Å². The molecule has 0 aromatic heterocycles. The lowest BCUT2D eigenvalue weighted by molar-refractivity contribution is -0.137. The van der Waals surface area contributed by atoms with Gasteiger partial charge in [0.05, 0.1) is 16.2 Å². The first-order valence-electron chi connectivity index (χ1n) is 6.43. The summed E-state index contributed by atoms with van der Waals surface area (Å²) in [5.41, 5.74) is 5.23. The molecule has 6 heteroatoms. The Morgan fingerprint density at radius 3 is 2.39 bits per heavy atom. The minimum atomic E-state index is -4.57. The topological polar surface area (TPSA) is 49.8 Å². The molecule has 0 aliphatic carbocycles. The molecule has 0 radical (unpaired) electrons. The lowest BCUT2D eigenvalue weighted by atomic mass is 10.0. The third kappa shape index (κ3) is 5.38. The molecule has 1 aromatic rings. The first-order valence-corrected chi connectivity index (χ1v) is 7.25. The zero-order valence-electron chi connectivity index (χ0n) is 12.4. The molecule has 1 rings (SSSR count). The Morgan fingerprint density at radius 1 is 1.26 bits per heavy atom. The van der Waals surface area contributed by atoms with Gasteiger partial charge in [0.25, 0.3) is 0 Å². The molecule has 1 aromatic carbocycles. The normalized spacial score (nSPS) is 12.7. The number of benzene rings is 1. The van der Waals surface area contributed by atoms with Gasteiger partial charge >= 0.3 is 6.18 Å². The number of rotatable bonds is 5. The van der Waals surface area contributed by atoms with E-state index in [1.165, 1.54) is 18.2 Å². The zero-order valence-corrected chi connectivity index (χ0v) is 13.3. The van der Waals surface area contributed by atoms with Crippen molar-refractivity contribution < 1.29 is 13.2 Å². The van der Waals surface area contributed by atoms with E-state index in [4.69, 9.17) is 5.73 Å². The predicted octanol–water partition coefficient (Wildman–Crippen LogP) is 5.24. The minimum absolute atomic E-state index is 0.0411. The van der Waals surface area contributed by atoms with Crippen molar-refractivity contribution in [2.45, 2.75) is 13.1 Å². The van der Waals surface area contributed by atoms with E-state index in [1.54, 1.807) is 25.1 Å². The molecule has 0 aliphatic rings. The zero-order chi connectivity index (χ0) is 17.6. The molecule has 120 valence electrons. The maximum atomic E-state index is 13.1. The van der Waals surface area contributed by atoms with Crippen LogP contribution in [0.4, 0.5) is 13.2 Å². The van der Waals surface area contributed by atoms with Gasteiger partial charge in [-0.15, -0.1) is 0 Å². The second-order valence-corrected chi connectivity index (χ2v) is 5.81. The summed E-state index contributed by atoms with van der Waals surface area (Å²) in [5, 5.41) is 9.20. The van der Waals surface area contributed by atoms with E-state index in [0.717, 1.165) is 23.4 Å². The number of halogens is 3. The molecule has 2 nitrogen and oxygen atoms in total. The van der Waals surface area contributed by atoms with Crippen molar-refractivity contribution in [3.63, 3.8) is 0 Å². The van der Waals surface area contributed by atoms with Crippen molar-refractivity contribution in [3.8, 4) is 6.07 Å². The van der Waals surface area contributed by atoms with Crippen LogP contribution in [-0.2, 0) is 6.18 Å². The number of alkyl halides is 3. The Hall–Kier alpha value is -2.39. The highest BCUT2D eigenvalue weighted by molar-refractivity contribution is 8.07. The molecule has 0 amide bonds. The first kappa shape index (κ1) is 18.7. The Bertz CT molecular complexity index is 722. The molecule has 0 fully saturated rings. The average molecular weight is 336 g/mol. The van der Waals surface area contributed by atoms with Gasteiger partial charge in [0.2, 0.25) is 0 Å². The van der Waals surface area contributed by atoms with Crippen LogP contribution in [0.1, 0.15) is 18.1 Å². The largest absolute Gasteiger partial charge is 0.417 e. The quantitative estimate of drug-likeness (QED) is 0.591. The summed E-state index contributed by atoms with van der Waals surface area (Å²) < 4.78 is 39.2. The summed E-state index contributed by atoms with van der Waals surface area (Å²) >= 11 is 0.934. The number of nitrogens with two attached hydrogens (primary N) is 1. The van der Waals surface area contributed by atoms with Crippen molar-refractivity contribution in [3.05, 3.63) is 76.2 Å². The van der Waals surface area contributed by atoms with Crippen LogP contribution < -0.4 is 5.73 Å². The van der Waals surface area contributed by atoms with E-state index >= 15 is 0 Å². The summed E-state index contributed by atoms with van der Waals surface area (Å²) in [4.78, 5) is 0.489. The molecular weight excluding hydrogens is 321 g/mol. The van der Waals surface area contributed by atoms with Crippen LogP contribution in [0.3, 0.4) is 0 Å². The van der Waals surface area contributed by atoms with Crippen molar-refractivity contribution in [2.24, 2.45) is 5.73 Å². The average Bonchev–Trinajstić information content (AvgIpc) is 2.45. The summed E-state index contributed by atoms with van der Waals surface area (Å²) in [5.74, 6) is 0. The van der Waals surface area contributed by atoms with Crippen LogP contribution in [0.2, 0.25) is 0 Å². The molecule has 0 bridgehead atoms. The second-order valence-electron chi connectivity index (χ2n) is 4.64. The van der Waals surface area contributed by atoms with Gasteiger partial charge in [-0.2, -0.15) is 18.4 Å². The van der Waals surface area contributed by atoms with Gasteiger partial charge in [-0.25, -0.2) is 0 Å². The maximum Gasteiger partial charge on any atom is 0.417 e. The van der Waals surface area contributed by atoms with Gasteiger partial charge in [-0.05, 0) is 19.1 Å². The van der Waals surface area contributed by atoms with E-state index in [2.05, 4.69) is 13.2 Å². The first-order chi connectivity index (χ1) is 10.7. The molecular formula is C17H15F3N2S. The standard InChI is InChI=1S/C17H15F3N2S/c1-11(2)8-9-12(3)23-16(22)14(10-21)13-6-4-5-7-15(13)17(18,19)20/h4-9H,1,3,22H2,2H3/b9-8-,16-14+. The summed E-state index contributed by atoms with van der Waals surface area (Å²) in [6.45, 7) is 9.21. The van der Waals surface area contributed by atoms with Gasteiger partial charge in [0.1, 0.15) is 6.07 Å². The Kier molecular flexibility index (Phi) is 6.28. The van der Waals surface area contributed by atoms with Gasteiger partial charge < -0.3 is 5.73 Å². The highest BCUT2D eigenvalue weighted by atomic mass is 32.2. The molecule has 0 unspecified atom stereocenters. The molecule has 2 N–H and O–H groups in total. The van der Waals surface area contributed by atoms with Gasteiger partial charge in [-0.3, -0.25) is 0 Å². The number of thioether (sulfide) groups is 1. The summed E-state index contributed by atoms with van der Waals surface area (Å²) in [6, 6.07) is 6.58. The van der Waals surface area contributed by atoms with Crippen molar-refractivity contribution >= 4 is 17.3 Å². The minimum Gasteiger partial charge on any atom is -0.392 e. The number of nitrogens with zero attached hydrogens (tertiary/aromatic N) is 1. The molecule has 0 heterocycles. The molecule has 0 spiro atoms. The lowest BCUT2D eigenvalue weighted by Gasteiger charge is -2.13. The number of nitriles is 1. The van der Waals surface area contributed by atoms with Gasteiger partial charge in [-0.1, -0.05) is 54.8 Å². The molecule has 23 heavy (non-hydrogen) atoms. The molecule has 0 saturated carbocycles. The Labute approximate surface area is 137 Å². The maximum absolute atomic E-state index is 13.1. The fourth-order valence-corrected chi connectivity index (χ4v) is 2.33. The number of hydrogen-bond donors (Lipinski definition) is 1. The van der Waals surface area contributed by atoms with Gasteiger partial charge in [0, 0.05) is 10.5 Å². The van der Waals surface area contributed by atoms with Crippen LogP contribution in [0.15, 0.2) is 65.1 Å². The monoisotopic (exact) mass is 336 g/mol. The van der Waals surface area contributed by atoms with E-state index in [-0.39, 0.29) is 16.2 Å². The second kappa shape index (κ2) is 7.75. The summed E-state index contributed by atoms with van der Waals surface area (Å²) in [6.07, 6.45) is -1.25. The van der Waals surface area contributed by atoms with Crippen molar-refractivity contribution in [1.82, 2.24) is 0 Å². The highest BCUT2D eigenvalue weighted by Crippen LogP contribution is 2.37. The van der Waals surface area contributed by atoms with Crippen LogP contribution >= 0.6 is 11.8 Å². The molecule has 0 aliphatic heterocycles. The van der Waals surface area contributed by atoms with Crippen molar-refractivity contribution in [2.75, 3.05) is 0 Å². The predicted molar refractivity (Wildman–Crippen MR) is 88.8 cm³/mol. The smallest absolute Gasteiger partial charge is 0.392 e. The third-order valence-electron chi connectivity index (χ3n) is 2.65. The van der Waals surface area contributed by atoms with Crippen LogP contribution in [0.5, 0.6) is 0 Å². The number of hydrogen-bond acceptors (Lipinski definition) is 3. The summed E-state index contributed by atoms with van der Waals surface area (Å²) in [7, 11) is 0. The SMILES string of the molecule is C=C(C)/C=C\C(=C)S/C(N)=C(\C#N)c1ccccc1C(F)(F)F. The molecule has 0 atom stereocenters. The van der Waals surface area contributed by atoms with Gasteiger partial charge in [0.15, 0.2) is 0 Å². The lowest BCUT2D eigenvalue weighted by Crippen LogP contribution is -2.10. The molecule has 0 saturated heterocycles. The van der Waals surface area contributed by atoms with E-state index in [1.807, 2.05) is 0 Å². The van der Waals surface area contributed by atoms with Crippen LogP contribution in [0.25, 0.3) is 5.57 Å². The fraction of sp³-hybridized carbons (Fsp3) is 0.118. The third-order valence-corrected chi connectivity index (χ3v) is 3.48. The fourth-order valence-electron chi connectivity index (χ4n) is 1.66. The van der Waals surface area contributed by atoms with Crippen LogP contribution in [0, 0.1) is 11.3 Å². The Balaban J connectivity index is 3.26. The number of allylic oxidation sites excluding steroid dienone is 4. The van der Waals surface area contributed by atoms with E-state index in [9.17, 15) is 18.4 Å². The Morgan fingerprint density at radius 2 is 1.87 bits per heavy atom. The van der Waals surface area contributed by atoms with Crippen LogP contribution in [-0.4, -0.2) is 0 Å². The highest BCUT2D eigenvalue weighted by Gasteiger charge is 2.34.